The minimum absolute atomic E-state index is 0.137. The van der Waals surface area contributed by atoms with Crippen LogP contribution in [0.4, 0.5) is 4.39 Å². The fourth-order valence-electron chi connectivity index (χ4n) is 4.96. The second kappa shape index (κ2) is 13.1. The molecule has 0 aliphatic carbocycles. The van der Waals surface area contributed by atoms with Crippen LogP contribution in [0.1, 0.15) is 36.5 Å². The molecule has 3 atom stereocenters. The Morgan fingerprint density at radius 1 is 1.13 bits per heavy atom. The number of aliphatic hydroxyl groups excluding tert-OH is 1. The number of likely N-dealkylation sites (tertiary alicyclic amines) is 1. The highest BCUT2D eigenvalue weighted by Gasteiger charge is 2.38. The number of pyridine rings is 1. The molecule has 2 amide bonds. The number of rotatable bonds is 11. The summed E-state index contributed by atoms with van der Waals surface area (Å²) in [7, 11) is 0. The minimum atomic E-state index is -1.12. The van der Waals surface area contributed by atoms with Crippen LogP contribution in [0.2, 0.25) is 0 Å². The average Bonchev–Trinajstić information content (AvgIpc) is 2.90. The van der Waals surface area contributed by atoms with Crippen LogP contribution in [0.5, 0.6) is 5.75 Å². The Bertz CT molecular complexity index is 1210. The molecule has 0 bridgehead atoms. The van der Waals surface area contributed by atoms with Gasteiger partial charge in [-0.3, -0.25) is 14.6 Å². The van der Waals surface area contributed by atoms with E-state index in [-0.39, 0.29) is 18.2 Å². The van der Waals surface area contributed by atoms with Gasteiger partial charge in [-0.15, -0.1) is 0 Å². The minimum Gasteiger partial charge on any atom is -0.493 e. The zero-order valence-corrected chi connectivity index (χ0v) is 21.6. The van der Waals surface area contributed by atoms with Gasteiger partial charge in [0.25, 0.3) is 0 Å². The molecule has 1 aromatic heterocycles. The van der Waals surface area contributed by atoms with Crippen molar-refractivity contribution in [2.45, 2.75) is 51.3 Å². The second-order valence-corrected chi connectivity index (χ2v) is 9.74. The number of halogens is 1. The summed E-state index contributed by atoms with van der Waals surface area (Å²) in [6, 6.07) is 17.1. The van der Waals surface area contributed by atoms with Crippen molar-refractivity contribution in [3.63, 3.8) is 0 Å². The molecule has 2 N–H and O–H groups in total. The molecule has 2 aromatic carbocycles. The number of hydrogen-bond donors (Lipinski definition) is 2. The van der Waals surface area contributed by atoms with E-state index in [0.29, 0.717) is 43.9 Å². The number of aromatic nitrogens is 1. The van der Waals surface area contributed by atoms with E-state index in [1.807, 2.05) is 42.5 Å². The largest absolute Gasteiger partial charge is 0.493 e. The SMILES string of the molecule is CC(=O)N[C@@H](Cc1cc(F)cc(OCCc2ccncc2)c1)[C@H](O)[C@@H]1CCCN(Cc2ccccc2)C1=O. The van der Waals surface area contributed by atoms with Crippen LogP contribution in [-0.2, 0) is 29.0 Å². The summed E-state index contributed by atoms with van der Waals surface area (Å²) in [5.74, 6) is -1.23. The number of nitrogens with one attached hydrogen (secondary N) is 1. The molecule has 0 saturated carbocycles. The van der Waals surface area contributed by atoms with Gasteiger partial charge in [0.2, 0.25) is 11.8 Å². The number of carbonyl (C=O) groups is 2. The molecule has 1 aliphatic heterocycles. The molecule has 3 aromatic rings. The third kappa shape index (κ3) is 7.61. The molecular formula is C30H34FN3O4. The van der Waals surface area contributed by atoms with Crippen molar-refractivity contribution in [1.29, 1.82) is 0 Å². The van der Waals surface area contributed by atoms with E-state index >= 15 is 0 Å². The van der Waals surface area contributed by atoms with E-state index in [4.69, 9.17) is 4.74 Å². The maximum absolute atomic E-state index is 14.5. The molecule has 1 aliphatic rings. The predicted octanol–water partition coefficient (Wildman–Crippen LogP) is 3.69. The fourth-order valence-corrected chi connectivity index (χ4v) is 4.96. The summed E-state index contributed by atoms with van der Waals surface area (Å²) < 4.78 is 20.3. The molecule has 0 radical (unpaired) electrons. The highest BCUT2D eigenvalue weighted by molar-refractivity contribution is 5.80. The smallest absolute Gasteiger partial charge is 0.228 e. The van der Waals surface area contributed by atoms with Crippen molar-refractivity contribution in [3.8, 4) is 5.75 Å². The summed E-state index contributed by atoms with van der Waals surface area (Å²) in [5.41, 5.74) is 2.64. The maximum atomic E-state index is 14.5. The van der Waals surface area contributed by atoms with Gasteiger partial charge in [-0.05, 0) is 60.2 Å². The van der Waals surface area contributed by atoms with Gasteiger partial charge in [0.05, 0.1) is 24.7 Å². The van der Waals surface area contributed by atoms with Gasteiger partial charge in [-0.2, -0.15) is 0 Å². The lowest BCUT2D eigenvalue weighted by Crippen LogP contribution is -2.53. The summed E-state index contributed by atoms with van der Waals surface area (Å²) in [6.45, 7) is 2.81. The first-order chi connectivity index (χ1) is 18.4. The second-order valence-electron chi connectivity index (χ2n) is 9.74. The van der Waals surface area contributed by atoms with Crippen LogP contribution in [0.3, 0.4) is 0 Å². The summed E-state index contributed by atoms with van der Waals surface area (Å²) >= 11 is 0. The third-order valence-corrected chi connectivity index (χ3v) is 6.80. The number of benzene rings is 2. The van der Waals surface area contributed by atoms with E-state index in [1.165, 1.54) is 19.1 Å². The van der Waals surface area contributed by atoms with Crippen LogP contribution in [-0.4, -0.2) is 52.1 Å². The number of hydrogen-bond acceptors (Lipinski definition) is 5. The van der Waals surface area contributed by atoms with Gasteiger partial charge in [0.15, 0.2) is 0 Å². The first kappa shape index (κ1) is 27.3. The highest BCUT2D eigenvalue weighted by atomic mass is 19.1. The Morgan fingerprint density at radius 3 is 2.63 bits per heavy atom. The molecule has 0 unspecified atom stereocenters. The molecule has 200 valence electrons. The maximum Gasteiger partial charge on any atom is 0.228 e. The van der Waals surface area contributed by atoms with E-state index in [1.54, 1.807) is 23.4 Å². The fraction of sp³-hybridized carbons (Fsp3) is 0.367. The zero-order valence-electron chi connectivity index (χ0n) is 21.6. The first-order valence-electron chi connectivity index (χ1n) is 13.0. The molecule has 0 spiro atoms. The Kier molecular flexibility index (Phi) is 9.43. The van der Waals surface area contributed by atoms with Gasteiger partial charge < -0.3 is 20.1 Å². The Balaban J connectivity index is 1.44. The van der Waals surface area contributed by atoms with Gasteiger partial charge in [-0.1, -0.05) is 30.3 Å². The normalized spacial score (nSPS) is 17.1. The van der Waals surface area contributed by atoms with E-state index in [0.717, 1.165) is 17.5 Å². The molecule has 2 heterocycles. The first-order valence-corrected chi connectivity index (χ1v) is 13.0. The number of piperidine rings is 1. The van der Waals surface area contributed by atoms with Gasteiger partial charge in [-0.25, -0.2) is 4.39 Å². The number of nitrogens with zero attached hydrogens (tertiary/aromatic N) is 2. The van der Waals surface area contributed by atoms with Crippen molar-refractivity contribution in [1.82, 2.24) is 15.2 Å². The van der Waals surface area contributed by atoms with Gasteiger partial charge >= 0.3 is 0 Å². The van der Waals surface area contributed by atoms with Crippen molar-refractivity contribution in [3.05, 3.63) is 95.6 Å². The van der Waals surface area contributed by atoms with Gasteiger partial charge in [0, 0.05) is 44.9 Å². The number of amides is 2. The van der Waals surface area contributed by atoms with E-state index in [9.17, 15) is 19.1 Å². The van der Waals surface area contributed by atoms with Crippen molar-refractivity contribution in [2.24, 2.45) is 5.92 Å². The quantitative estimate of drug-likeness (QED) is 0.403. The van der Waals surface area contributed by atoms with Crippen LogP contribution in [0, 0.1) is 11.7 Å². The molecule has 7 nitrogen and oxygen atoms in total. The van der Waals surface area contributed by atoms with Crippen LogP contribution >= 0.6 is 0 Å². The van der Waals surface area contributed by atoms with Crippen molar-refractivity contribution < 1.29 is 23.8 Å². The van der Waals surface area contributed by atoms with Crippen LogP contribution in [0.25, 0.3) is 0 Å². The summed E-state index contributed by atoms with van der Waals surface area (Å²) in [6.07, 6.45) is 4.37. The Morgan fingerprint density at radius 2 is 1.89 bits per heavy atom. The Hall–Kier alpha value is -3.78. The van der Waals surface area contributed by atoms with Crippen LogP contribution < -0.4 is 10.1 Å². The van der Waals surface area contributed by atoms with Crippen LogP contribution in [0.15, 0.2) is 73.1 Å². The van der Waals surface area contributed by atoms with Crippen molar-refractivity contribution >= 4 is 11.8 Å². The predicted molar refractivity (Wildman–Crippen MR) is 142 cm³/mol. The monoisotopic (exact) mass is 519 g/mol. The van der Waals surface area contributed by atoms with E-state index < -0.39 is 23.9 Å². The molecule has 1 fully saturated rings. The van der Waals surface area contributed by atoms with Crippen molar-refractivity contribution in [2.75, 3.05) is 13.2 Å². The standard InChI is InChI=1S/C30H34FN3O4/c1-21(35)33-28(29(36)27-8-5-14-34(30(27)37)20-23-6-3-2-4-7-23)18-24-16-25(31)19-26(17-24)38-15-11-22-9-12-32-13-10-22/h2-4,6-7,9-10,12-13,16-17,19,27-29,36H,5,8,11,14-15,18,20H2,1H3,(H,33,35)/t27-,28-,29+/m0/s1. The summed E-state index contributed by atoms with van der Waals surface area (Å²) in [5, 5.41) is 14.1. The molecule has 8 heteroatoms. The average molecular weight is 520 g/mol. The third-order valence-electron chi connectivity index (χ3n) is 6.80. The highest BCUT2D eigenvalue weighted by Crippen LogP contribution is 2.27. The van der Waals surface area contributed by atoms with Gasteiger partial charge in [0.1, 0.15) is 11.6 Å². The number of ether oxygens (including phenoxy) is 1. The summed E-state index contributed by atoms with van der Waals surface area (Å²) in [4.78, 5) is 31.1. The number of carbonyl (C=O) groups excluding carboxylic acids is 2. The lowest BCUT2D eigenvalue weighted by atomic mass is 9.85. The number of aliphatic hydroxyl groups is 1. The zero-order chi connectivity index (χ0) is 26.9. The molecule has 4 rings (SSSR count). The Labute approximate surface area is 222 Å². The lowest BCUT2D eigenvalue weighted by molar-refractivity contribution is -0.145. The molecule has 38 heavy (non-hydrogen) atoms. The topological polar surface area (TPSA) is 91.8 Å². The lowest BCUT2D eigenvalue weighted by Gasteiger charge is -2.37. The molecule has 1 saturated heterocycles. The van der Waals surface area contributed by atoms with E-state index in [2.05, 4.69) is 10.3 Å². The molecular weight excluding hydrogens is 485 g/mol.